The van der Waals surface area contributed by atoms with Crippen LogP contribution >= 0.6 is 0 Å². The maximum Gasteiger partial charge on any atom is 0.142 e. The van der Waals surface area contributed by atoms with Crippen LogP contribution in [0.2, 0.25) is 0 Å². The maximum absolute atomic E-state index is 13.3. The van der Waals surface area contributed by atoms with Crippen molar-refractivity contribution in [2.45, 2.75) is 64.7 Å². The summed E-state index contributed by atoms with van der Waals surface area (Å²) in [5.74, 6) is 0.768. The molecule has 0 aromatic heterocycles. The minimum absolute atomic E-state index is 0.0497. The molecule has 2 N–H and O–H groups in total. The van der Waals surface area contributed by atoms with Crippen molar-refractivity contribution in [3.05, 3.63) is 34.9 Å². The number of Topliss-reactive ketones (excluding diaryl/α,β-unsaturated/α-hetero) is 1. The minimum atomic E-state index is -0.271. The van der Waals surface area contributed by atoms with Crippen molar-refractivity contribution in [1.82, 2.24) is 0 Å². The average Bonchev–Trinajstić information content (AvgIpc) is 2.58. The molecule has 0 bridgehead atoms. The molecule has 3 rings (SSSR count). The van der Waals surface area contributed by atoms with E-state index >= 15 is 0 Å². The topological polar surface area (TPSA) is 64.7 Å². The number of hydrogen-bond donors (Lipinski definition) is 1. The van der Waals surface area contributed by atoms with Crippen molar-refractivity contribution in [1.29, 1.82) is 0 Å². The summed E-state index contributed by atoms with van der Waals surface area (Å²) < 4.78 is 0. The second kappa shape index (κ2) is 7.15. The molecule has 1 aromatic rings. The SMILES string of the molecule is CC(C)c1ccc2c(c1)CC(=O)C1[C@@](C)(/C=N/OCCN)CCC[C@]21C. The highest BCUT2D eigenvalue weighted by Crippen LogP contribution is 2.55. The molecule has 0 amide bonds. The average molecular weight is 357 g/mol. The second-order valence-electron chi connectivity index (χ2n) is 8.78. The van der Waals surface area contributed by atoms with Gasteiger partial charge in [0.15, 0.2) is 0 Å². The van der Waals surface area contributed by atoms with Gasteiger partial charge in [0.25, 0.3) is 0 Å². The van der Waals surface area contributed by atoms with Crippen LogP contribution in [0.25, 0.3) is 0 Å². The third kappa shape index (κ3) is 3.20. The third-order valence-corrected chi connectivity index (χ3v) is 6.44. The maximum atomic E-state index is 13.3. The highest BCUT2D eigenvalue weighted by atomic mass is 16.6. The number of fused-ring (bicyclic) bond motifs is 3. The highest BCUT2D eigenvalue weighted by Gasteiger charge is 2.55. The van der Waals surface area contributed by atoms with Crippen LogP contribution in [0.4, 0.5) is 0 Å². The minimum Gasteiger partial charge on any atom is -0.395 e. The van der Waals surface area contributed by atoms with E-state index in [1.165, 1.54) is 16.7 Å². The second-order valence-corrected chi connectivity index (χ2v) is 8.78. The predicted octanol–water partition coefficient (Wildman–Crippen LogP) is 3.96. The van der Waals surface area contributed by atoms with Crippen molar-refractivity contribution in [3.8, 4) is 0 Å². The monoisotopic (exact) mass is 356 g/mol. The van der Waals surface area contributed by atoms with Crippen molar-refractivity contribution >= 4 is 12.0 Å². The number of carbonyl (C=O) groups is 1. The molecule has 26 heavy (non-hydrogen) atoms. The third-order valence-electron chi connectivity index (χ3n) is 6.44. The Morgan fingerprint density at radius 1 is 1.35 bits per heavy atom. The molecular weight excluding hydrogens is 324 g/mol. The van der Waals surface area contributed by atoms with Crippen LogP contribution in [0.1, 0.15) is 69.6 Å². The molecule has 4 heteroatoms. The van der Waals surface area contributed by atoms with E-state index in [2.05, 4.69) is 51.0 Å². The smallest absolute Gasteiger partial charge is 0.142 e. The van der Waals surface area contributed by atoms with Gasteiger partial charge in [0.05, 0.1) is 6.21 Å². The standard InChI is InChI=1S/C22H32N2O2/c1-15(2)16-6-7-18-17(12-16)13-19(25)20-21(3,14-24-26-11-10-23)8-5-9-22(18,20)4/h6-7,12,14-15,20H,5,8-11,13,23H2,1-4H3/b24-14+/t20?,21-,22-/m1/s1. The van der Waals surface area contributed by atoms with E-state index < -0.39 is 0 Å². The van der Waals surface area contributed by atoms with E-state index in [1.54, 1.807) is 0 Å². The molecule has 2 aliphatic carbocycles. The van der Waals surface area contributed by atoms with E-state index in [-0.39, 0.29) is 16.7 Å². The number of hydrogen-bond acceptors (Lipinski definition) is 4. The summed E-state index contributed by atoms with van der Waals surface area (Å²) in [7, 11) is 0. The van der Waals surface area contributed by atoms with Gasteiger partial charge in [-0.05, 0) is 35.4 Å². The Morgan fingerprint density at radius 2 is 2.12 bits per heavy atom. The molecule has 3 atom stereocenters. The van der Waals surface area contributed by atoms with E-state index in [4.69, 9.17) is 10.6 Å². The van der Waals surface area contributed by atoms with Gasteiger partial charge in [-0.2, -0.15) is 0 Å². The fourth-order valence-electron chi connectivity index (χ4n) is 5.23. The summed E-state index contributed by atoms with van der Waals surface area (Å²) in [6.07, 6.45) is 5.50. The first kappa shape index (κ1) is 19.1. The van der Waals surface area contributed by atoms with Crippen LogP contribution in [0.15, 0.2) is 23.4 Å². The van der Waals surface area contributed by atoms with Gasteiger partial charge in [0, 0.05) is 29.7 Å². The van der Waals surface area contributed by atoms with Gasteiger partial charge < -0.3 is 10.6 Å². The number of ketones is 1. The number of oxime groups is 1. The number of nitrogens with two attached hydrogens (primary N) is 1. The van der Waals surface area contributed by atoms with Crippen molar-refractivity contribution in [3.63, 3.8) is 0 Å². The molecule has 0 aliphatic heterocycles. The lowest BCUT2D eigenvalue weighted by molar-refractivity contribution is -0.130. The molecule has 0 radical (unpaired) electrons. The van der Waals surface area contributed by atoms with Crippen LogP contribution in [0.3, 0.4) is 0 Å². The van der Waals surface area contributed by atoms with Crippen LogP contribution in [-0.2, 0) is 21.5 Å². The molecule has 2 aliphatic rings. The first-order valence-corrected chi connectivity index (χ1v) is 9.84. The molecular formula is C22H32N2O2. The Bertz CT molecular complexity index is 712. The van der Waals surface area contributed by atoms with Crippen LogP contribution in [0.5, 0.6) is 0 Å². The molecule has 0 spiro atoms. The van der Waals surface area contributed by atoms with Gasteiger partial charge in [-0.15, -0.1) is 0 Å². The lowest BCUT2D eigenvalue weighted by Gasteiger charge is -2.52. The van der Waals surface area contributed by atoms with Crippen LogP contribution < -0.4 is 5.73 Å². The zero-order valence-corrected chi connectivity index (χ0v) is 16.5. The molecule has 1 aromatic carbocycles. The number of benzene rings is 1. The zero-order chi connectivity index (χ0) is 18.9. The van der Waals surface area contributed by atoms with Gasteiger partial charge >= 0.3 is 0 Å². The quantitative estimate of drug-likeness (QED) is 0.493. The first-order chi connectivity index (χ1) is 12.3. The molecule has 1 unspecified atom stereocenters. The summed E-state index contributed by atoms with van der Waals surface area (Å²) in [6, 6.07) is 6.77. The van der Waals surface area contributed by atoms with Gasteiger partial charge in [-0.1, -0.05) is 57.5 Å². The fraction of sp³-hybridized carbons (Fsp3) is 0.636. The molecule has 0 heterocycles. The molecule has 1 saturated carbocycles. The molecule has 142 valence electrons. The van der Waals surface area contributed by atoms with E-state index in [1.807, 2.05) is 6.21 Å². The molecule has 4 nitrogen and oxygen atoms in total. The Morgan fingerprint density at radius 3 is 2.81 bits per heavy atom. The Labute approximate surface area is 157 Å². The number of rotatable bonds is 5. The number of carbonyl (C=O) groups excluding carboxylic acids is 1. The van der Waals surface area contributed by atoms with Gasteiger partial charge in [0.1, 0.15) is 12.4 Å². The predicted molar refractivity (Wildman–Crippen MR) is 106 cm³/mol. The number of nitrogens with zero attached hydrogens (tertiary/aromatic N) is 1. The highest BCUT2D eigenvalue weighted by molar-refractivity contribution is 5.91. The summed E-state index contributed by atoms with van der Waals surface area (Å²) >= 11 is 0. The Kier molecular flexibility index (Phi) is 5.25. The molecule has 0 saturated heterocycles. The normalized spacial score (nSPS) is 31.2. The zero-order valence-electron chi connectivity index (χ0n) is 16.5. The summed E-state index contributed by atoms with van der Waals surface area (Å²) in [4.78, 5) is 18.5. The van der Waals surface area contributed by atoms with Crippen LogP contribution in [-0.4, -0.2) is 25.1 Å². The van der Waals surface area contributed by atoms with E-state index in [9.17, 15) is 4.79 Å². The summed E-state index contributed by atoms with van der Waals surface area (Å²) in [5.41, 5.74) is 8.95. The largest absolute Gasteiger partial charge is 0.395 e. The van der Waals surface area contributed by atoms with Gasteiger partial charge in [-0.3, -0.25) is 4.79 Å². The lowest BCUT2D eigenvalue weighted by Crippen LogP contribution is -2.54. The first-order valence-electron chi connectivity index (χ1n) is 9.84. The van der Waals surface area contributed by atoms with Crippen molar-refractivity contribution in [2.75, 3.05) is 13.2 Å². The van der Waals surface area contributed by atoms with E-state index in [0.29, 0.717) is 31.3 Å². The lowest BCUT2D eigenvalue weighted by atomic mass is 9.49. The molecule has 1 fully saturated rings. The van der Waals surface area contributed by atoms with E-state index in [0.717, 1.165) is 19.3 Å². The van der Waals surface area contributed by atoms with Gasteiger partial charge in [-0.25, -0.2) is 0 Å². The van der Waals surface area contributed by atoms with Crippen molar-refractivity contribution < 1.29 is 9.63 Å². The van der Waals surface area contributed by atoms with Crippen molar-refractivity contribution in [2.24, 2.45) is 22.2 Å². The summed E-state index contributed by atoms with van der Waals surface area (Å²) in [6.45, 7) is 9.69. The Balaban J connectivity index is 2.00. The fourth-order valence-corrected chi connectivity index (χ4v) is 5.23. The van der Waals surface area contributed by atoms with Crippen LogP contribution in [0, 0.1) is 11.3 Å². The Hall–Kier alpha value is -1.68. The summed E-state index contributed by atoms with van der Waals surface area (Å²) in [5, 5.41) is 4.15. The van der Waals surface area contributed by atoms with Gasteiger partial charge in [0.2, 0.25) is 0 Å².